The van der Waals surface area contributed by atoms with Gasteiger partial charge in [-0.15, -0.1) is 0 Å². The summed E-state index contributed by atoms with van der Waals surface area (Å²) in [6.45, 7) is 0. The maximum atomic E-state index is 8.56. The lowest BCUT2D eigenvalue weighted by atomic mass is 9.90. The largest absolute Gasteiger partial charge is 0.503 e. The van der Waals surface area contributed by atoms with Gasteiger partial charge < -0.3 is 40.9 Å². The van der Waals surface area contributed by atoms with Crippen molar-refractivity contribution >= 4 is 67.7 Å². The van der Waals surface area contributed by atoms with Crippen molar-refractivity contribution in [3.05, 3.63) is 72.8 Å². The molecule has 0 saturated heterocycles. The van der Waals surface area contributed by atoms with Crippen LogP contribution in [0.5, 0.6) is 0 Å². The molecule has 0 saturated carbocycles. The highest BCUT2D eigenvalue weighted by Gasteiger charge is 2.11. The SMILES string of the molecule is O=C(O)O.O=C(O)O.O=C(O)O.O=C(O)O.c1cc2cccc3c4cccc5cccc(c(c1)c23)c54. The summed E-state index contributed by atoms with van der Waals surface area (Å²) in [7, 11) is 0. The Kier molecular flexibility index (Phi) is 10.5. The van der Waals surface area contributed by atoms with Crippen molar-refractivity contribution in [2.45, 2.75) is 0 Å². The molecule has 0 fully saturated rings. The fourth-order valence-electron chi connectivity index (χ4n) is 3.58. The number of carboxylic acid groups (broad SMARTS) is 8. The highest BCUT2D eigenvalue weighted by molar-refractivity contribution is 6.32. The summed E-state index contributed by atoms with van der Waals surface area (Å²) in [5.41, 5.74) is 0. The van der Waals surface area contributed by atoms with Crippen LogP contribution in [-0.4, -0.2) is 65.5 Å². The van der Waals surface area contributed by atoms with Gasteiger partial charge in [-0.25, -0.2) is 19.2 Å². The molecule has 0 aliphatic rings. The van der Waals surface area contributed by atoms with Crippen molar-refractivity contribution in [3.63, 3.8) is 0 Å². The van der Waals surface area contributed by atoms with E-state index < -0.39 is 24.6 Å². The number of carbonyl (C=O) groups is 4. The van der Waals surface area contributed by atoms with Crippen LogP contribution in [0.25, 0.3) is 43.1 Å². The van der Waals surface area contributed by atoms with E-state index in [0.717, 1.165) is 0 Å². The highest BCUT2D eigenvalue weighted by atomic mass is 16.6. The third-order valence-electron chi connectivity index (χ3n) is 4.39. The zero-order valence-electron chi connectivity index (χ0n) is 18.1. The van der Waals surface area contributed by atoms with E-state index >= 15 is 0 Å². The van der Waals surface area contributed by atoms with Gasteiger partial charge in [0.1, 0.15) is 0 Å². The quantitative estimate of drug-likeness (QED) is 0.0827. The van der Waals surface area contributed by atoms with Crippen LogP contribution < -0.4 is 0 Å². The molecule has 5 aromatic carbocycles. The van der Waals surface area contributed by atoms with E-state index in [9.17, 15) is 0 Å². The second kappa shape index (κ2) is 13.3. The fraction of sp³-hybridized carbons (Fsp3) is 0. The molecule has 0 spiro atoms. The van der Waals surface area contributed by atoms with Gasteiger partial charge in [-0.2, -0.15) is 0 Å². The van der Waals surface area contributed by atoms with Crippen LogP contribution in [-0.2, 0) is 0 Å². The number of rotatable bonds is 0. The fourth-order valence-corrected chi connectivity index (χ4v) is 3.58. The molecule has 0 heterocycles. The Labute approximate surface area is 201 Å². The molecule has 0 aliphatic heterocycles. The van der Waals surface area contributed by atoms with Crippen LogP contribution in [0.1, 0.15) is 0 Å². The first-order valence-corrected chi connectivity index (χ1v) is 9.58. The van der Waals surface area contributed by atoms with E-state index in [2.05, 4.69) is 72.8 Å². The predicted molar refractivity (Wildman–Crippen MR) is 130 cm³/mol. The lowest BCUT2D eigenvalue weighted by molar-refractivity contribution is 0.135. The Hall–Kier alpha value is -5.52. The number of hydrogen-bond acceptors (Lipinski definition) is 4. The second-order valence-corrected chi connectivity index (χ2v) is 6.55. The predicted octanol–water partition coefficient (Wildman–Crippen LogP) is 6.63. The first-order chi connectivity index (χ1) is 16.9. The van der Waals surface area contributed by atoms with Gasteiger partial charge in [0.25, 0.3) is 0 Å². The molecule has 188 valence electrons. The smallest absolute Gasteiger partial charge is 0.450 e. The summed E-state index contributed by atoms with van der Waals surface area (Å²) in [5.74, 6) is 0. The van der Waals surface area contributed by atoms with Gasteiger partial charge in [-0.05, 0) is 43.1 Å². The zero-order chi connectivity index (χ0) is 27.4. The molecular weight excluding hydrogens is 480 g/mol. The molecule has 12 heteroatoms. The average Bonchev–Trinajstić information content (AvgIpc) is 2.76. The maximum absolute atomic E-state index is 8.56. The van der Waals surface area contributed by atoms with Crippen LogP contribution >= 0.6 is 0 Å². The van der Waals surface area contributed by atoms with E-state index in [1.807, 2.05) is 0 Å². The van der Waals surface area contributed by atoms with Gasteiger partial charge in [-0.1, -0.05) is 72.8 Å². The van der Waals surface area contributed by atoms with E-state index in [1.54, 1.807) is 0 Å². The third-order valence-corrected chi connectivity index (χ3v) is 4.39. The van der Waals surface area contributed by atoms with E-state index in [-0.39, 0.29) is 0 Å². The number of hydrogen-bond donors (Lipinski definition) is 8. The Morgan fingerprint density at radius 1 is 0.361 bits per heavy atom. The van der Waals surface area contributed by atoms with Crippen LogP contribution in [0.15, 0.2) is 72.8 Å². The summed E-state index contributed by atoms with van der Waals surface area (Å²) in [5, 5.41) is 66.7. The van der Waals surface area contributed by atoms with Gasteiger partial charge in [0, 0.05) is 0 Å². The Morgan fingerprint density at radius 2 is 0.528 bits per heavy atom. The molecule has 0 bridgehead atoms. The molecule has 0 radical (unpaired) electrons. The van der Waals surface area contributed by atoms with Crippen molar-refractivity contribution in [1.82, 2.24) is 0 Å². The highest BCUT2D eigenvalue weighted by Crippen LogP contribution is 2.39. The minimum Gasteiger partial charge on any atom is -0.450 e. The molecule has 5 aromatic rings. The monoisotopic (exact) mass is 500 g/mol. The molecule has 0 atom stereocenters. The second-order valence-electron chi connectivity index (χ2n) is 6.55. The van der Waals surface area contributed by atoms with Crippen molar-refractivity contribution in [2.75, 3.05) is 0 Å². The first kappa shape index (κ1) is 28.5. The Bertz CT molecular complexity index is 1260. The molecule has 5 rings (SSSR count). The molecule has 0 aromatic heterocycles. The molecule has 12 nitrogen and oxygen atoms in total. The van der Waals surface area contributed by atoms with Gasteiger partial charge in [0.15, 0.2) is 0 Å². The lowest BCUT2D eigenvalue weighted by Crippen LogP contribution is -1.85. The first-order valence-electron chi connectivity index (χ1n) is 9.58. The molecule has 0 unspecified atom stereocenters. The maximum Gasteiger partial charge on any atom is 0.503 e. The lowest BCUT2D eigenvalue weighted by Gasteiger charge is -2.13. The molecule has 36 heavy (non-hydrogen) atoms. The van der Waals surface area contributed by atoms with Crippen molar-refractivity contribution in [3.8, 4) is 0 Å². The third kappa shape index (κ3) is 8.44. The summed E-state index contributed by atoms with van der Waals surface area (Å²) in [4.78, 5) is 34.2. The zero-order valence-corrected chi connectivity index (χ0v) is 18.1. The molecular formula is C24H20O12. The van der Waals surface area contributed by atoms with Crippen LogP contribution in [0.2, 0.25) is 0 Å². The minimum atomic E-state index is -1.83. The normalized spacial score (nSPS) is 9.33. The van der Waals surface area contributed by atoms with Crippen LogP contribution in [0.4, 0.5) is 19.2 Å². The van der Waals surface area contributed by atoms with E-state index in [4.69, 9.17) is 60.0 Å². The van der Waals surface area contributed by atoms with Crippen LogP contribution in [0.3, 0.4) is 0 Å². The van der Waals surface area contributed by atoms with Crippen molar-refractivity contribution in [2.24, 2.45) is 0 Å². The number of fused-ring (bicyclic) bond motifs is 2. The molecule has 8 N–H and O–H groups in total. The van der Waals surface area contributed by atoms with Gasteiger partial charge >= 0.3 is 24.6 Å². The standard InChI is InChI=1S/C20H12.4CH2O3/c1-5-13-6-2-11-17-18-12-4-8-14-7-3-10-16(20(14)18)15(9-1)19(13)17;4*2-1(3)4/h1-12H;4*(H2,2,3,4). The summed E-state index contributed by atoms with van der Waals surface area (Å²) < 4.78 is 0. The Morgan fingerprint density at radius 3 is 0.694 bits per heavy atom. The van der Waals surface area contributed by atoms with Gasteiger partial charge in [0.2, 0.25) is 0 Å². The summed E-state index contributed by atoms with van der Waals surface area (Å²) >= 11 is 0. The van der Waals surface area contributed by atoms with Gasteiger partial charge in [0.05, 0.1) is 0 Å². The van der Waals surface area contributed by atoms with Crippen molar-refractivity contribution in [1.29, 1.82) is 0 Å². The summed E-state index contributed by atoms with van der Waals surface area (Å²) in [6, 6.07) is 26.4. The average molecular weight is 500 g/mol. The van der Waals surface area contributed by atoms with Gasteiger partial charge in [-0.3, -0.25) is 0 Å². The topological polar surface area (TPSA) is 230 Å². The number of benzene rings is 5. The van der Waals surface area contributed by atoms with Crippen molar-refractivity contribution < 1.29 is 60.0 Å². The van der Waals surface area contributed by atoms with Crippen LogP contribution in [0, 0.1) is 0 Å². The molecule has 0 amide bonds. The Balaban J connectivity index is 0.000000337. The van der Waals surface area contributed by atoms with E-state index in [1.165, 1.54) is 43.1 Å². The summed E-state index contributed by atoms with van der Waals surface area (Å²) in [6.07, 6.45) is -7.33. The molecule has 0 aliphatic carbocycles. The minimum absolute atomic E-state index is 1.33. The van der Waals surface area contributed by atoms with E-state index in [0.29, 0.717) is 0 Å².